The van der Waals surface area contributed by atoms with E-state index < -0.39 is 0 Å². The minimum Gasteiger partial charge on any atom is -0.359 e. The summed E-state index contributed by atoms with van der Waals surface area (Å²) in [6, 6.07) is 0. The lowest BCUT2D eigenvalue weighted by Crippen LogP contribution is -1.89. The number of hydrogen-bond acceptors (Lipinski definition) is 2. The second-order valence-corrected chi connectivity index (χ2v) is 2.52. The van der Waals surface area contributed by atoms with Gasteiger partial charge in [-0.05, 0) is 25.2 Å². The maximum Gasteiger partial charge on any atom is 0.240 e. The molecule has 0 unspecified atom stereocenters. The van der Waals surface area contributed by atoms with Crippen LogP contribution in [-0.2, 0) is 0 Å². The molecule has 0 aliphatic heterocycles. The van der Waals surface area contributed by atoms with Crippen molar-refractivity contribution in [2.24, 2.45) is 4.99 Å². The topological polar surface area (TPSA) is 33.1 Å². The molecule has 0 aliphatic carbocycles. The molecule has 2 radical (unpaired) electrons. The Morgan fingerprint density at radius 2 is 2.42 bits per heavy atom. The third-order valence-electron chi connectivity index (χ3n) is 1.38. The predicted molar refractivity (Wildman–Crippen MR) is 54.7 cm³/mol. The van der Waals surface area contributed by atoms with E-state index in [1.165, 1.54) is 4.48 Å². The van der Waals surface area contributed by atoms with Crippen LogP contribution >= 0.6 is 12.2 Å². The summed E-state index contributed by atoms with van der Waals surface area (Å²) in [5, 5.41) is 0. The summed E-state index contributed by atoms with van der Waals surface area (Å²) in [6.07, 6.45) is 3.27. The number of hydrogen-bond donors (Lipinski definition) is 1. The van der Waals surface area contributed by atoms with Crippen LogP contribution < -0.4 is 0 Å². The SMILES string of the molecule is [B]n1c(N=CC)c(C=C)[nH]c1=S. The van der Waals surface area contributed by atoms with Crippen LogP contribution in [0.5, 0.6) is 0 Å². The van der Waals surface area contributed by atoms with Gasteiger partial charge in [-0.15, -0.1) is 0 Å². The van der Waals surface area contributed by atoms with Crippen molar-refractivity contribution in [1.29, 1.82) is 0 Å². The quantitative estimate of drug-likeness (QED) is 0.417. The van der Waals surface area contributed by atoms with Gasteiger partial charge in [-0.2, -0.15) is 0 Å². The highest BCUT2D eigenvalue weighted by molar-refractivity contribution is 7.71. The Kier molecular flexibility index (Phi) is 2.65. The molecule has 0 spiro atoms. The molecule has 1 aromatic rings. The van der Waals surface area contributed by atoms with Gasteiger partial charge in [-0.25, -0.2) is 4.99 Å². The Hall–Kier alpha value is -1.10. The Morgan fingerprint density at radius 1 is 1.75 bits per heavy atom. The first-order valence-corrected chi connectivity index (χ1v) is 3.82. The van der Waals surface area contributed by atoms with Crippen LogP contribution in [-0.4, -0.2) is 23.7 Å². The van der Waals surface area contributed by atoms with Crippen molar-refractivity contribution in [1.82, 2.24) is 9.46 Å². The Morgan fingerprint density at radius 3 is 2.92 bits per heavy atom. The first-order valence-electron chi connectivity index (χ1n) is 3.42. The van der Waals surface area contributed by atoms with Gasteiger partial charge < -0.3 is 9.46 Å². The lowest BCUT2D eigenvalue weighted by molar-refractivity contribution is 1.16. The van der Waals surface area contributed by atoms with E-state index in [4.69, 9.17) is 20.2 Å². The fraction of sp³-hybridized carbons (Fsp3) is 0.143. The van der Waals surface area contributed by atoms with E-state index in [9.17, 15) is 0 Å². The Balaban J connectivity index is 3.40. The van der Waals surface area contributed by atoms with Crippen molar-refractivity contribution in [3.05, 3.63) is 17.0 Å². The standard InChI is InChI=1S/C7H8BN3S/c1-3-5-6(9-4-2)11(8)7(12)10-5/h3-4H,1H2,2H3,(H,10,12). The first-order chi connectivity index (χ1) is 5.70. The Labute approximate surface area is 77.3 Å². The largest absolute Gasteiger partial charge is 0.359 e. The van der Waals surface area contributed by atoms with Crippen molar-refractivity contribution in [2.45, 2.75) is 6.92 Å². The van der Waals surface area contributed by atoms with Crippen LogP contribution in [0.25, 0.3) is 6.08 Å². The molecule has 5 heteroatoms. The third kappa shape index (κ3) is 1.40. The van der Waals surface area contributed by atoms with Gasteiger partial charge in [0, 0.05) is 6.21 Å². The fourth-order valence-corrected chi connectivity index (χ4v) is 1.05. The lowest BCUT2D eigenvalue weighted by atomic mass is 10.3. The molecule has 0 saturated heterocycles. The maximum absolute atomic E-state index is 5.58. The summed E-state index contributed by atoms with van der Waals surface area (Å²) < 4.78 is 1.75. The molecule has 0 aliphatic rings. The van der Waals surface area contributed by atoms with Crippen molar-refractivity contribution >= 4 is 38.3 Å². The average molecular weight is 177 g/mol. The zero-order chi connectivity index (χ0) is 9.14. The van der Waals surface area contributed by atoms with Crippen LogP contribution in [0.2, 0.25) is 0 Å². The molecule has 12 heavy (non-hydrogen) atoms. The van der Waals surface area contributed by atoms with Gasteiger partial charge in [0.15, 0.2) is 4.77 Å². The summed E-state index contributed by atoms with van der Waals surface area (Å²) >= 11 is 4.90. The number of nitrogens with zero attached hydrogens (tertiary/aromatic N) is 2. The molecule has 1 aromatic heterocycles. The number of nitrogens with one attached hydrogen (secondary N) is 1. The average Bonchev–Trinajstić information content (AvgIpc) is 2.33. The van der Waals surface area contributed by atoms with Crippen LogP contribution in [0.4, 0.5) is 5.82 Å². The number of rotatable bonds is 2. The van der Waals surface area contributed by atoms with Gasteiger partial charge in [0.25, 0.3) is 0 Å². The molecule has 0 saturated carbocycles. The highest BCUT2D eigenvalue weighted by Gasteiger charge is 2.02. The van der Waals surface area contributed by atoms with E-state index in [2.05, 4.69) is 16.6 Å². The van der Waals surface area contributed by atoms with Crippen LogP contribution in [0.15, 0.2) is 11.6 Å². The molecule has 3 nitrogen and oxygen atoms in total. The molecular weight excluding hydrogens is 169 g/mol. The summed E-state index contributed by atoms with van der Waals surface area (Å²) in [5.74, 6) is 0.595. The highest BCUT2D eigenvalue weighted by Crippen LogP contribution is 2.17. The number of aliphatic imine (C=N–C) groups is 1. The fourth-order valence-electron chi connectivity index (χ4n) is 0.854. The van der Waals surface area contributed by atoms with Crippen molar-refractivity contribution in [2.75, 3.05) is 0 Å². The first kappa shape index (κ1) is 9.00. The summed E-state index contributed by atoms with van der Waals surface area (Å²) in [5.41, 5.74) is 0.737. The van der Waals surface area contributed by atoms with Gasteiger partial charge >= 0.3 is 0 Å². The van der Waals surface area contributed by atoms with E-state index >= 15 is 0 Å². The summed E-state index contributed by atoms with van der Waals surface area (Å²) in [6.45, 7) is 5.42. The minimum absolute atomic E-state index is 0.436. The molecule has 1 heterocycles. The number of imidazole rings is 1. The zero-order valence-corrected chi connectivity index (χ0v) is 7.56. The molecule has 0 amide bonds. The predicted octanol–water partition coefficient (Wildman–Crippen LogP) is 1.84. The molecule has 0 fully saturated rings. The van der Waals surface area contributed by atoms with E-state index in [1.807, 2.05) is 6.92 Å². The van der Waals surface area contributed by atoms with Crippen LogP contribution in [0.3, 0.4) is 0 Å². The molecule has 1 rings (SSSR count). The smallest absolute Gasteiger partial charge is 0.240 e. The van der Waals surface area contributed by atoms with Gasteiger partial charge in [0.05, 0.1) is 5.69 Å². The molecule has 0 atom stereocenters. The molecule has 1 N–H and O–H groups in total. The number of aromatic amines is 1. The van der Waals surface area contributed by atoms with Gasteiger partial charge in [-0.1, -0.05) is 6.58 Å². The van der Waals surface area contributed by atoms with Gasteiger partial charge in [0.2, 0.25) is 7.98 Å². The van der Waals surface area contributed by atoms with Crippen molar-refractivity contribution < 1.29 is 0 Å². The molecule has 60 valence electrons. The van der Waals surface area contributed by atoms with E-state index in [0.29, 0.717) is 10.6 Å². The lowest BCUT2D eigenvalue weighted by Gasteiger charge is -1.94. The van der Waals surface area contributed by atoms with E-state index in [1.54, 1.807) is 12.3 Å². The van der Waals surface area contributed by atoms with E-state index in [0.717, 1.165) is 5.69 Å². The third-order valence-corrected chi connectivity index (χ3v) is 1.68. The normalized spacial score (nSPS) is 10.8. The molecule has 0 aromatic carbocycles. The Bertz CT molecular complexity index is 374. The van der Waals surface area contributed by atoms with Crippen LogP contribution in [0, 0.1) is 4.77 Å². The monoisotopic (exact) mass is 177 g/mol. The summed E-state index contributed by atoms with van der Waals surface area (Å²) in [4.78, 5) is 6.91. The van der Waals surface area contributed by atoms with Crippen LogP contribution in [0.1, 0.15) is 12.6 Å². The van der Waals surface area contributed by atoms with Gasteiger partial charge in [0.1, 0.15) is 5.82 Å². The highest BCUT2D eigenvalue weighted by atomic mass is 32.1. The zero-order valence-electron chi connectivity index (χ0n) is 6.74. The van der Waals surface area contributed by atoms with Crippen molar-refractivity contribution in [3.63, 3.8) is 0 Å². The number of H-pyrrole nitrogens is 1. The summed E-state index contributed by atoms with van der Waals surface area (Å²) in [7, 11) is 5.58. The van der Waals surface area contributed by atoms with Gasteiger partial charge in [-0.3, -0.25) is 0 Å². The minimum atomic E-state index is 0.436. The van der Waals surface area contributed by atoms with E-state index in [-0.39, 0.29) is 0 Å². The maximum atomic E-state index is 5.58. The second-order valence-electron chi connectivity index (χ2n) is 2.13. The molecular formula is C7H8BN3S. The molecule has 0 bridgehead atoms. The second kappa shape index (κ2) is 3.54. The number of aromatic nitrogens is 2. The van der Waals surface area contributed by atoms with Crippen molar-refractivity contribution in [3.8, 4) is 0 Å².